The first-order valence-electron chi connectivity index (χ1n) is 11.3. The molecule has 3 rings (SSSR count). The van der Waals surface area contributed by atoms with Gasteiger partial charge < -0.3 is 24.8 Å². The van der Waals surface area contributed by atoms with Gasteiger partial charge >= 0.3 is 5.97 Å². The van der Waals surface area contributed by atoms with E-state index in [-0.39, 0.29) is 25.4 Å². The van der Waals surface area contributed by atoms with E-state index < -0.39 is 11.9 Å². The largest absolute Gasteiger partial charge is 0.497 e. The Bertz CT molecular complexity index is 1200. The van der Waals surface area contributed by atoms with Gasteiger partial charge in [0.1, 0.15) is 17.2 Å². The third-order valence-electron chi connectivity index (χ3n) is 5.02. The number of esters is 1. The number of hydrogen-bond donors (Lipinski definition) is 2. The highest BCUT2D eigenvalue weighted by Gasteiger charge is 2.10. The number of anilines is 2. The van der Waals surface area contributed by atoms with Gasteiger partial charge in [-0.05, 0) is 85.6 Å². The van der Waals surface area contributed by atoms with Gasteiger partial charge in [0, 0.05) is 28.7 Å². The maximum Gasteiger partial charge on any atom is 0.306 e. The van der Waals surface area contributed by atoms with Gasteiger partial charge in [0.25, 0.3) is 5.91 Å². The summed E-state index contributed by atoms with van der Waals surface area (Å²) in [4.78, 5) is 36.1. The molecule has 0 aromatic heterocycles. The first-order chi connectivity index (χ1) is 17.3. The number of nitrogens with one attached hydrogen (secondary N) is 2. The average molecular weight is 555 g/mol. The van der Waals surface area contributed by atoms with Crippen LogP contribution < -0.4 is 20.1 Å². The van der Waals surface area contributed by atoms with Crippen LogP contribution in [0.25, 0.3) is 0 Å². The van der Waals surface area contributed by atoms with E-state index in [1.165, 1.54) is 0 Å². The number of hydrogen-bond acceptors (Lipinski definition) is 6. The molecule has 2 amide bonds. The summed E-state index contributed by atoms with van der Waals surface area (Å²) < 4.78 is 16.8. The van der Waals surface area contributed by atoms with Gasteiger partial charge in [0.2, 0.25) is 5.91 Å². The van der Waals surface area contributed by atoms with Crippen molar-refractivity contribution in [2.45, 2.75) is 26.2 Å². The van der Waals surface area contributed by atoms with Crippen LogP contribution in [-0.2, 0) is 19.1 Å². The molecule has 2 N–H and O–H groups in total. The molecule has 0 aliphatic carbocycles. The lowest BCUT2D eigenvalue weighted by Gasteiger charge is -2.09. The van der Waals surface area contributed by atoms with Crippen molar-refractivity contribution in [2.75, 3.05) is 24.4 Å². The molecule has 3 aromatic rings. The van der Waals surface area contributed by atoms with Crippen molar-refractivity contribution in [3.05, 3.63) is 76.8 Å². The molecular weight excluding hydrogens is 528 g/mol. The van der Waals surface area contributed by atoms with Crippen LogP contribution in [0, 0.1) is 6.92 Å². The molecule has 0 unspecified atom stereocenters. The molecule has 0 atom stereocenters. The van der Waals surface area contributed by atoms with Gasteiger partial charge in [-0.15, -0.1) is 0 Å². The van der Waals surface area contributed by atoms with Crippen LogP contribution in [0.4, 0.5) is 11.4 Å². The van der Waals surface area contributed by atoms with Gasteiger partial charge in [-0.1, -0.05) is 15.9 Å². The van der Waals surface area contributed by atoms with Crippen molar-refractivity contribution < 1.29 is 28.6 Å². The number of carbonyl (C=O) groups excluding carboxylic acids is 3. The predicted molar refractivity (Wildman–Crippen MR) is 140 cm³/mol. The summed E-state index contributed by atoms with van der Waals surface area (Å²) >= 11 is 3.40. The van der Waals surface area contributed by atoms with E-state index in [0.717, 1.165) is 15.8 Å². The molecule has 0 bridgehead atoms. The first kappa shape index (κ1) is 26.7. The van der Waals surface area contributed by atoms with Crippen molar-refractivity contribution in [3.63, 3.8) is 0 Å². The van der Waals surface area contributed by atoms with Crippen LogP contribution in [0.2, 0.25) is 0 Å². The van der Waals surface area contributed by atoms with Crippen molar-refractivity contribution in [1.82, 2.24) is 0 Å². The molecule has 0 heterocycles. The number of rotatable bonds is 11. The summed E-state index contributed by atoms with van der Waals surface area (Å²) in [6.45, 7) is 1.52. The van der Waals surface area contributed by atoms with Crippen LogP contribution >= 0.6 is 15.9 Å². The van der Waals surface area contributed by atoms with Crippen LogP contribution in [-0.4, -0.2) is 31.5 Å². The maximum absolute atomic E-state index is 12.2. The number of methoxy groups -OCH3 is 1. The Morgan fingerprint density at radius 3 is 2.00 bits per heavy atom. The molecule has 0 saturated carbocycles. The van der Waals surface area contributed by atoms with Crippen LogP contribution in [0.1, 0.15) is 24.8 Å². The SMILES string of the molecule is COc1ccc(Oc2ccc(NC(=O)CCCC(=O)OCC(=O)Nc3ccc(Br)c(C)c3)cc2)cc1. The zero-order chi connectivity index (χ0) is 25.9. The van der Waals surface area contributed by atoms with Crippen molar-refractivity contribution in [3.8, 4) is 17.2 Å². The summed E-state index contributed by atoms with van der Waals surface area (Å²) in [5.41, 5.74) is 2.21. The lowest BCUT2D eigenvalue weighted by molar-refractivity contribution is -0.147. The fraction of sp³-hybridized carbons (Fsp3) is 0.222. The molecular formula is C27H27BrN2O6. The number of amides is 2. The monoisotopic (exact) mass is 554 g/mol. The molecule has 188 valence electrons. The second-order valence-corrected chi connectivity index (χ2v) is 8.73. The molecule has 0 aliphatic rings. The summed E-state index contributed by atoms with van der Waals surface area (Å²) in [7, 11) is 1.60. The number of halogens is 1. The normalized spacial score (nSPS) is 10.3. The summed E-state index contributed by atoms with van der Waals surface area (Å²) in [6.07, 6.45) is 0.479. The molecule has 8 nitrogen and oxygen atoms in total. The van der Waals surface area contributed by atoms with Crippen molar-refractivity contribution in [2.24, 2.45) is 0 Å². The van der Waals surface area contributed by atoms with E-state index in [4.69, 9.17) is 14.2 Å². The smallest absolute Gasteiger partial charge is 0.306 e. The second-order valence-electron chi connectivity index (χ2n) is 7.88. The molecule has 0 saturated heterocycles. The van der Waals surface area contributed by atoms with E-state index in [1.54, 1.807) is 61.7 Å². The third-order valence-corrected chi connectivity index (χ3v) is 5.91. The molecule has 0 spiro atoms. The van der Waals surface area contributed by atoms with Crippen LogP contribution in [0.3, 0.4) is 0 Å². The van der Waals surface area contributed by atoms with Crippen molar-refractivity contribution in [1.29, 1.82) is 0 Å². The lowest BCUT2D eigenvalue weighted by atomic mass is 10.2. The van der Waals surface area contributed by atoms with E-state index in [9.17, 15) is 14.4 Å². The maximum atomic E-state index is 12.2. The fourth-order valence-electron chi connectivity index (χ4n) is 3.14. The summed E-state index contributed by atoms with van der Waals surface area (Å²) in [5, 5.41) is 5.45. The topological polar surface area (TPSA) is 103 Å². The number of carbonyl (C=O) groups is 3. The molecule has 0 aliphatic heterocycles. The number of aryl methyl sites for hydroxylation is 1. The summed E-state index contributed by atoms with van der Waals surface area (Å²) in [6, 6.07) is 19.6. The second kappa shape index (κ2) is 13.3. The molecule has 36 heavy (non-hydrogen) atoms. The minimum Gasteiger partial charge on any atom is -0.497 e. The lowest BCUT2D eigenvalue weighted by Crippen LogP contribution is -2.21. The highest BCUT2D eigenvalue weighted by molar-refractivity contribution is 9.10. The Hall–Kier alpha value is -3.85. The van der Waals surface area contributed by atoms with E-state index in [2.05, 4.69) is 26.6 Å². The third kappa shape index (κ3) is 8.74. The zero-order valence-corrected chi connectivity index (χ0v) is 21.6. The van der Waals surface area contributed by atoms with Crippen molar-refractivity contribution >= 4 is 45.1 Å². The Kier molecular flexibility index (Phi) is 9.88. The highest BCUT2D eigenvalue weighted by atomic mass is 79.9. The quantitative estimate of drug-likeness (QED) is 0.288. The Morgan fingerprint density at radius 2 is 1.36 bits per heavy atom. The Labute approximate surface area is 218 Å². The summed E-state index contributed by atoms with van der Waals surface area (Å²) in [5.74, 6) is 0.841. The van der Waals surface area contributed by atoms with Gasteiger partial charge in [0.05, 0.1) is 7.11 Å². The predicted octanol–water partition coefficient (Wildman–Crippen LogP) is 5.85. The standard InChI is InChI=1S/C27H27BrN2O6/c1-18-16-20(8-15-24(18)28)30-26(32)17-35-27(33)5-3-4-25(31)29-19-6-9-22(10-7-19)36-23-13-11-21(34-2)12-14-23/h6-16H,3-5,17H2,1-2H3,(H,29,31)(H,30,32). The molecule has 9 heteroatoms. The average Bonchev–Trinajstić information content (AvgIpc) is 2.87. The van der Waals surface area contributed by atoms with Gasteiger partial charge in [-0.25, -0.2) is 0 Å². The minimum atomic E-state index is -0.537. The van der Waals surface area contributed by atoms with Gasteiger partial charge in [-0.2, -0.15) is 0 Å². The minimum absolute atomic E-state index is 0.0345. The van der Waals surface area contributed by atoms with Crippen LogP contribution in [0.5, 0.6) is 17.2 Å². The van der Waals surface area contributed by atoms with E-state index in [1.807, 2.05) is 19.1 Å². The Balaban J connectivity index is 1.33. The highest BCUT2D eigenvalue weighted by Crippen LogP contribution is 2.25. The molecule has 0 fully saturated rings. The van der Waals surface area contributed by atoms with Gasteiger partial charge in [-0.3, -0.25) is 14.4 Å². The van der Waals surface area contributed by atoms with Gasteiger partial charge in [0.15, 0.2) is 6.61 Å². The zero-order valence-electron chi connectivity index (χ0n) is 20.0. The fourth-order valence-corrected chi connectivity index (χ4v) is 3.39. The molecule has 0 radical (unpaired) electrons. The first-order valence-corrected chi connectivity index (χ1v) is 12.0. The van der Waals surface area contributed by atoms with E-state index in [0.29, 0.717) is 29.3 Å². The Morgan fingerprint density at radius 1 is 0.778 bits per heavy atom. The number of ether oxygens (including phenoxy) is 3. The number of benzene rings is 3. The van der Waals surface area contributed by atoms with E-state index >= 15 is 0 Å². The molecule has 3 aromatic carbocycles. The van der Waals surface area contributed by atoms with Crippen LogP contribution in [0.15, 0.2) is 71.2 Å².